The van der Waals surface area contributed by atoms with Gasteiger partial charge in [-0.25, -0.2) is 0 Å². The summed E-state index contributed by atoms with van der Waals surface area (Å²) in [6, 6.07) is 0.542. The molecule has 0 aromatic rings. The van der Waals surface area contributed by atoms with Crippen LogP contribution in [0.15, 0.2) is 0 Å². The molecule has 0 spiro atoms. The van der Waals surface area contributed by atoms with E-state index in [2.05, 4.69) is 17.1 Å². The summed E-state index contributed by atoms with van der Waals surface area (Å²) in [4.78, 5) is 14.7. The molecule has 0 aliphatic carbocycles. The predicted octanol–water partition coefficient (Wildman–Crippen LogP) is 2.12. The minimum absolute atomic E-state index is 0.299. The lowest BCUT2D eigenvalue weighted by Crippen LogP contribution is -2.44. The summed E-state index contributed by atoms with van der Waals surface area (Å²) in [5.74, 6) is 2.93. The smallest absolute Gasteiger partial charge is 0.226 e. The number of nitrogens with one attached hydrogen (secondary N) is 1. The Hall–Kier alpha value is -0.220. The molecular weight excluding hydrogens is 244 g/mol. The molecule has 0 radical (unpaired) electrons. The Morgan fingerprint density at radius 2 is 2.33 bits per heavy atom. The van der Waals surface area contributed by atoms with Gasteiger partial charge >= 0.3 is 0 Å². The van der Waals surface area contributed by atoms with E-state index in [4.69, 9.17) is 0 Å². The van der Waals surface area contributed by atoms with Crippen LogP contribution in [0.2, 0.25) is 0 Å². The fourth-order valence-corrected chi connectivity index (χ4v) is 4.02. The Labute approximate surface area is 115 Å². The van der Waals surface area contributed by atoms with Crippen molar-refractivity contribution in [3.05, 3.63) is 0 Å². The van der Waals surface area contributed by atoms with Gasteiger partial charge in [-0.2, -0.15) is 11.8 Å². The van der Waals surface area contributed by atoms with E-state index in [0.717, 1.165) is 38.2 Å². The van der Waals surface area contributed by atoms with Crippen LogP contribution in [-0.4, -0.2) is 48.0 Å². The lowest BCUT2D eigenvalue weighted by atomic mass is 10.1. The molecule has 2 atom stereocenters. The van der Waals surface area contributed by atoms with Crippen molar-refractivity contribution in [1.29, 1.82) is 0 Å². The summed E-state index contributed by atoms with van der Waals surface area (Å²) in [6.07, 6.45) is 5.89. The molecule has 0 aromatic carbocycles. The molecular formula is C14H26N2OS. The number of thioether (sulfide) groups is 1. The number of amides is 1. The lowest BCUT2D eigenvalue weighted by molar-refractivity contribution is -0.135. The molecule has 3 nitrogen and oxygen atoms in total. The minimum atomic E-state index is 0.299. The van der Waals surface area contributed by atoms with Crippen molar-refractivity contribution in [1.82, 2.24) is 10.2 Å². The van der Waals surface area contributed by atoms with E-state index in [0.29, 0.717) is 17.9 Å². The zero-order valence-corrected chi connectivity index (χ0v) is 12.3. The van der Waals surface area contributed by atoms with Crippen LogP contribution in [0.5, 0.6) is 0 Å². The van der Waals surface area contributed by atoms with E-state index in [1.54, 1.807) is 0 Å². The van der Waals surface area contributed by atoms with Gasteiger partial charge < -0.3 is 10.2 Å². The molecule has 2 aliphatic heterocycles. The fourth-order valence-electron chi connectivity index (χ4n) is 2.81. The van der Waals surface area contributed by atoms with E-state index in [1.807, 2.05) is 11.8 Å². The van der Waals surface area contributed by atoms with Gasteiger partial charge in [0.25, 0.3) is 0 Å². The van der Waals surface area contributed by atoms with Crippen LogP contribution in [0.25, 0.3) is 0 Å². The second-order valence-electron chi connectivity index (χ2n) is 5.49. The largest absolute Gasteiger partial charge is 0.341 e. The third-order valence-electron chi connectivity index (χ3n) is 3.98. The summed E-state index contributed by atoms with van der Waals surface area (Å²) in [6.45, 7) is 5.20. The SMILES string of the molecule is CCCCN(CC1CCCN1)C(=O)C1CCSC1. The summed E-state index contributed by atoms with van der Waals surface area (Å²) in [5, 5.41) is 3.51. The normalized spacial score (nSPS) is 27.6. The van der Waals surface area contributed by atoms with E-state index in [9.17, 15) is 4.79 Å². The van der Waals surface area contributed by atoms with Gasteiger partial charge in [0.15, 0.2) is 0 Å². The highest BCUT2D eigenvalue weighted by molar-refractivity contribution is 7.99. The summed E-state index contributed by atoms with van der Waals surface area (Å²) in [7, 11) is 0. The van der Waals surface area contributed by atoms with Gasteiger partial charge in [-0.05, 0) is 38.0 Å². The van der Waals surface area contributed by atoms with Gasteiger partial charge in [0.1, 0.15) is 0 Å². The molecule has 2 saturated heterocycles. The van der Waals surface area contributed by atoms with Crippen molar-refractivity contribution < 1.29 is 4.79 Å². The zero-order chi connectivity index (χ0) is 12.8. The van der Waals surface area contributed by atoms with Crippen molar-refractivity contribution >= 4 is 17.7 Å². The number of carbonyl (C=O) groups is 1. The first-order chi connectivity index (χ1) is 8.81. The van der Waals surface area contributed by atoms with Gasteiger partial charge in [0.2, 0.25) is 5.91 Å². The molecule has 4 heteroatoms. The Bertz CT molecular complexity index is 261. The summed E-state index contributed by atoms with van der Waals surface area (Å²) >= 11 is 1.93. The highest BCUT2D eigenvalue weighted by Gasteiger charge is 2.29. The van der Waals surface area contributed by atoms with Crippen LogP contribution in [0, 0.1) is 5.92 Å². The number of carbonyl (C=O) groups excluding carboxylic acids is 1. The topological polar surface area (TPSA) is 32.3 Å². The first-order valence-electron chi connectivity index (χ1n) is 7.41. The molecule has 2 fully saturated rings. The average molecular weight is 270 g/mol. The summed E-state index contributed by atoms with van der Waals surface area (Å²) in [5.41, 5.74) is 0. The Balaban J connectivity index is 1.87. The number of nitrogens with zero attached hydrogens (tertiary/aromatic N) is 1. The van der Waals surface area contributed by atoms with Gasteiger partial charge in [-0.3, -0.25) is 4.79 Å². The van der Waals surface area contributed by atoms with Crippen LogP contribution in [0.4, 0.5) is 0 Å². The van der Waals surface area contributed by atoms with Gasteiger partial charge in [-0.1, -0.05) is 13.3 Å². The maximum absolute atomic E-state index is 12.5. The molecule has 0 bridgehead atoms. The van der Waals surface area contributed by atoms with Crippen LogP contribution < -0.4 is 5.32 Å². The second kappa shape index (κ2) is 7.39. The maximum Gasteiger partial charge on any atom is 0.226 e. The molecule has 2 heterocycles. The molecule has 104 valence electrons. The summed E-state index contributed by atoms with van der Waals surface area (Å²) < 4.78 is 0. The number of hydrogen-bond acceptors (Lipinski definition) is 3. The van der Waals surface area contributed by atoms with Crippen LogP contribution >= 0.6 is 11.8 Å². The van der Waals surface area contributed by atoms with Crippen LogP contribution in [0.1, 0.15) is 39.0 Å². The average Bonchev–Trinajstić information content (AvgIpc) is 3.06. The van der Waals surface area contributed by atoms with Gasteiger partial charge in [0.05, 0.1) is 0 Å². The minimum Gasteiger partial charge on any atom is -0.341 e. The molecule has 2 rings (SSSR count). The fraction of sp³-hybridized carbons (Fsp3) is 0.929. The van der Waals surface area contributed by atoms with Crippen molar-refractivity contribution in [2.75, 3.05) is 31.1 Å². The van der Waals surface area contributed by atoms with Gasteiger partial charge in [0, 0.05) is 30.8 Å². The maximum atomic E-state index is 12.5. The van der Waals surface area contributed by atoms with E-state index in [-0.39, 0.29) is 0 Å². The van der Waals surface area contributed by atoms with Crippen LogP contribution in [-0.2, 0) is 4.79 Å². The quantitative estimate of drug-likeness (QED) is 0.802. The third-order valence-corrected chi connectivity index (χ3v) is 5.14. The van der Waals surface area contributed by atoms with Crippen molar-refractivity contribution in [2.45, 2.75) is 45.1 Å². The molecule has 2 aliphatic rings. The lowest BCUT2D eigenvalue weighted by Gasteiger charge is -2.28. The number of rotatable bonds is 6. The molecule has 0 saturated carbocycles. The van der Waals surface area contributed by atoms with E-state index in [1.165, 1.54) is 25.0 Å². The Morgan fingerprint density at radius 1 is 1.44 bits per heavy atom. The van der Waals surface area contributed by atoms with Crippen molar-refractivity contribution in [3.63, 3.8) is 0 Å². The predicted molar refractivity (Wildman–Crippen MR) is 77.9 cm³/mol. The zero-order valence-electron chi connectivity index (χ0n) is 11.5. The molecule has 2 unspecified atom stereocenters. The Kier molecular flexibility index (Phi) is 5.83. The first-order valence-corrected chi connectivity index (χ1v) is 8.56. The van der Waals surface area contributed by atoms with Crippen LogP contribution in [0.3, 0.4) is 0 Å². The Morgan fingerprint density at radius 3 is 2.94 bits per heavy atom. The monoisotopic (exact) mass is 270 g/mol. The molecule has 0 aromatic heterocycles. The van der Waals surface area contributed by atoms with Crippen molar-refractivity contribution in [2.24, 2.45) is 5.92 Å². The highest BCUT2D eigenvalue weighted by atomic mass is 32.2. The van der Waals surface area contributed by atoms with E-state index >= 15 is 0 Å². The molecule has 18 heavy (non-hydrogen) atoms. The molecule has 1 amide bonds. The molecule has 1 N–H and O–H groups in total. The standard InChI is InChI=1S/C14H26N2OS/c1-2-3-8-16(10-13-5-4-7-15-13)14(17)12-6-9-18-11-12/h12-13,15H,2-11H2,1H3. The second-order valence-corrected chi connectivity index (χ2v) is 6.64. The highest BCUT2D eigenvalue weighted by Crippen LogP contribution is 2.25. The third kappa shape index (κ3) is 3.89. The van der Waals surface area contributed by atoms with Crippen molar-refractivity contribution in [3.8, 4) is 0 Å². The number of unbranched alkanes of at least 4 members (excludes halogenated alkanes) is 1. The first kappa shape index (κ1) is 14.2. The number of hydrogen-bond donors (Lipinski definition) is 1. The van der Waals surface area contributed by atoms with Gasteiger partial charge in [-0.15, -0.1) is 0 Å². The van der Waals surface area contributed by atoms with E-state index < -0.39 is 0 Å².